The standard InChI is InChI=1S/C7H8ClN5/c8-6-5(10)7(13-4-12-6)11-3-1-2-9/h4H,1,3,10H2,(H,11,12,13). The van der Waals surface area contributed by atoms with E-state index < -0.39 is 0 Å². The van der Waals surface area contributed by atoms with Gasteiger partial charge in [0.1, 0.15) is 12.0 Å². The van der Waals surface area contributed by atoms with Crippen molar-refractivity contribution in [2.45, 2.75) is 6.42 Å². The van der Waals surface area contributed by atoms with Crippen LogP contribution in [0.3, 0.4) is 0 Å². The molecule has 0 aliphatic rings. The van der Waals surface area contributed by atoms with Gasteiger partial charge in [0, 0.05) is 6.54 Å². The highest BCUT2D eigenvalue weighted by Gasteiger charge is 2.03. The molecule has 6 heteroatoms. The summed E-state index contributed by atoms with van der Waals surface area (Å²) >= 11 is 5.65. The lowest BCUT2D eigenvalue weighted by atomic mass is 10.4. The molecule has 1 aromatic rings. The van der Waals surface area contributed by atoms with Crippen LogP contribution in [0.15, 0.2) is 6.33 Å². The first-order chi connectivity index (χ1) is 6.25. The van der Waals surface area contributed by atoms with Crippen molar-refractivity contribution in [1.82, 2.24) is 9.97 Å². The topological polar surface area (TPSA) is 87.6 Å². The second-order valence-electron chi connectivity index (χ2n) is 2.26. The average Bonchev–Trinajstić information content (AvgIpc) is 2.13. The zero-order chi connectivity index (χ0) is 9.68. The molecule has 0 fully saturated rings. The van der Waals surface area contributed by atoms with Gasteiger partial charge in [-0.05, 0) is 0 Å². The molecule has 3 N–H and O–H groups in total. The van der Waals surface area contributed by atoms with Gasteiger partial charge in [-0.2, -0.15) is 5.26 Å². The highest BCUT2D eigenvalue weighted by atomic mass is 35.5. The van der Waals surface area contributed by atoms with Crippen LogP contribution in [0, 0.1) is 11.3 Å². The number of anilines is 2. The fourth-order valence-electron chi connectivity index (χ4n) is 0.752. The first-order valence-corrected chi connectivity index (χ1v) is 4.00. The molecule has 1 heterocycles. The van der Waals surface area contributed by atoms with Crippen LogP contribution in [0.25, 0.3) is 0 Å². The molecule has 5 nitrogen and oxygen atoms in total. The van der Waals surface area contributed by atoms with Crippen LogP contribution in [-0.4, -0.2) is 16.5 Å². The van der Waals surface area contributed by atoms with Crippen LogP contribution in [0.1, 0.15) is 6.42 Å². The number of aromatic nitrogens is 2. The molecule has 13 heavy (non-hydrogen) atoms. The lowest BCUT2D eigenvalue weighted by molar-refractivity contribution is 1.04. The van der Waals surface area contributed by atoms with E-state index in [1.54, 1.807) is 0 Å². The number of hydrogen-bond donors (Lipinski definition) is 2. The molecule has 0 atom stereocenters. The molecule has 1 rings (SSSR count). The third-order valence-corrected chi connectivity index (χ3v) is 1.67. The molecule has 0 radical (unpaired) electrons. The van der Waals surface area contributed by atoms with Crippen molar-refractivity contribution in [3.8, 4) is 6.07 Å². The van der Waals surface area contributed by atoms with E-state index in [0.29, 0.717) is 24.5 Å². The van der Waals surface area contributed by atoms with E-state index in [0.717, 1.165) is 0 Å². The number of nitrogens with zero attached hydrogens (tertiary/aromatic N) is 3. The van der Waals surface area contributed by atoms with Gasteiger partial charge in [-0.15, -0.1) is 0 Å². The lowest BCUT2D eigenvalue weighted by Gasteiger charge is -2.05. The van der Waals surface area contributed by atoms with Gasteiger partial charge in [-0.25, -0.2) is 9.97 Å². The molecule has 1 aromatic heterocycles. The van der Waals surface area contributed by atoms with Gasteiger partial charge in [-0.3, -0.25) is 0 Å². The summed E-state index contributed by atoms with van der Waals surface area (Å²) in [6.07, 6.45) is 1.70. The Balaban J connectivity index is 2.67. The summed E-state index contributed by atoms with van der Waals surface area (Å²) in [5.41, 5.74) is 5.87. The third-order valence-electron chi connectivity index (χ3n) is 1.36. The van der Waals surface area contributed by atoms with E-state index in [1.807, 2.05) is 6.07 Å². The fourth-order valence-corrected chi connectivity index (χ4v) is 0.885. The summed E-state index contributed by atoms with van der Waals surface area (Å²) in [7, 11) is 0. The number of nitrogens with two attached hydrogens (primary N) is 1. The molecule has 0 amide bonds. The second-order valence-corrected chi connectivity index (χ2v) is 2.62. The Hall–Kier alpha value is -1.54. The van der Waals surface area contributed by atoms with Crippen molar-refractivity contribution in [3.05, 3.63) is 11.5 Å². The van der Waals surface area contributed by atoms with Crippen molar-refractivity contribution in [1.29, 1.82) is 5.26 Å². The predicted octanol–water partition coefficient (Wildman–Crippen LogP) is 1.04. The van der Waals surface area contributed by atoms with Crippen LogP contribution in [0.2, 0.25) is 5.15 Å². The van der Waals surface area contributed by atoms with Crippen LogP contribution >= 0.6 is 11.6 Å². The van der Waals surface area contributed by atoms with E-state index in [9.17, 15) is 0 Å². The summed E-state index contributed by atoms with van der Waals surface area (Å²) in [6.45, 7) is 0.494. The van der Waals surface area contributed by atoms with Crippen molar-refractivity contribution < 1.29 is 0 Å². The van der Waals surface area contributed by atoms with Crippen molar-refractivity contribution >= 4 is 23.1 Å². The van der Waals surface area contributed by atoms with Gasteiger partial charge < -0.3 is 11.1 Å². The zero-order valence-electron chi connectivity index (χ0n) is 6.79. The normalized spacial score (nSPS) is 9.23. The Morgan fingerprint density at radius 2 is 2.38 bits per heavy atom. The Kier molecular flexibility index (Phi) is 3.29. The lowest BCUT2D eigenvalue weighted by Crippen LogP contribution is -2.06. The van der Waals surface area contributed by atoms with Gasteiger partial charge in [0.25, 0.3) is 0 Å². The maximum absolute atomic E-state index is 8.29. The number of halogens is 1. The van der Waals surface area contributed by atoms with Crippen molar-refractivity contribution in [2.75, 3.05) is 17.6 Å². The Bertz CT molecular complexity index is 332. The maximum Gasteiger partial charge on any atom is 0.157 e. The van der Waals surface area contributed by atoms with Crippen LogP contribution < -0.4 is 11.1 Å². The Morgan fingerprint density at radius 1 is 1.62 bits per heavy atom. The largest absolute Gasteiger partial charge is 0.393 e. The second kappa shape index (κ2) is 4.48. The molecule has 0 saturated carbocycles. The minimum atomic E-state index is 0.217. The molecule has 0 aliphatic carbocycles. The number of nitrogens with one attached hydrogen (secondary N) is 1. The summed E-state index contributed by atoms with van der Waals surface area (Å²) in [4.78, 5) is 7.56. The zero-order valence-corrected chi connectivity index (χ0v) is 7.54. The monoisotopic (exact) mass is 197 g/mol. The fraction of sp³-hybridized carbons (Fsp3) is 0.286. The van der Waals surface area contributed by atoms with E-state index in [1.165, 1.54) is 6.33 Å². The number of rotatable bonds is 3. The van der Waals surface area contributed by atoms with Crippen LogP contribution in [-0.2, 0) is 0 Å². The summed E-state index contributed by atoms with van der Waals surface area (Å²) in [5, 5.41) is 11.4. The van der Waals surface area contributed by atoms with Crippen LogP contribution in [0.5, 0.6) is 0 Å². The minimum absolute atomic E-state index is 0.217. The van der Waals surface area contributed by atoms with Gasteiger partial charge >= 0.3 is 0 Å². The number of nitrogen functional groups attached to an aromatic ring is 1. The van der Waals surface area contributed by atoms with E-state index in [4.69, 9.17) is 22.6 Å². The Morgan fingerprint density at radius 3 is 3.08 bits per heavy atom. The molecule has 0 spiro atoms. The number of nitriles is 1. The number of hydrogen-bond acceptors (Lipinski definition) is 5. The first-order valence-electron chi connectivity index (χ1n) is 3.62. The molecule has 0 unspecified atom stereocenters. The predicted molar refractivity (Wildman–Crippen MR) is 50.2 cm³/mol. The van der Waals surface area contributed by atoms with Crippen LogP contribution in [0.4, 0.5) is 11.5 Å². The SMILES string of the molecule is N#CCCNc1ncnc(Cl)c1N. The smallest absolute Gasteiger partial charge is 0.157 e. The van der Waals surface area contributed by atoms with Gasteiger partial charge in [0.05, 0.1) is 12.5 Å². The third kappa shape index (κ3) is 2.46. The summed E-state index contributed by atoms with van der Waals surface area (Å²) in [6, 6.07) is 1.99. The molecule has 0 saturated heterocycles. The molecular weight excluding hydrogens is 190 g/mol. The molecule has 0 aromatic carbocycles. The molecule has 68 valence electrons. The van der Waals surface area contributed by atoms with E-state index >= 15 is 0 Å². The first kappa shape index (κ1) is 9.55. The Labute approximate surface area is 80.6 Å². The minimum Gasteiger partial charge on any atom is -0.393 e. The summed E-state index contributed by atoms with van der Waals surface area (Å²) in [5.74, 6) is 0.468. The maximum atomic E-state index is 8.29. The molecule has 0 bridgehead atoms. The highest BCUT2D eigenvalue weighted by molar-refractivity contribution is 6.32. The van der Waals surface area contributed by atoms with Gasteiger partial charge in [-0.1, -0.05) is 11.6 Å². The van der Waals surface area contributed by atoms with Crippen molar-refractivity contribution in [2.24, 2.45) is 0 Å². The quantitative estimate of drug-likeness (QED) is 0.558. The molecular formula is C7H8ClN5. The summed E-state index contributed by atoms with van der Waals surface area (Å²) < 4.78 is 0. The average molecular weight is 198 g/mol. The highest BCUT2D eigenvalue weighted by Crippen LogP contribution is 2.21. The van der Waals surface area contributed by atoms with E-state index in [2.05, 4.69) is 15.3 Å². The van der Waals surface area contributed by atoms with E-state index in [-0.39, 0.29) is 5.15 Å². The van der Waals surface area contributed by atoms with Gasteiger partial charge in [0.2, 0.25) is 0 Å². The molecule has 0 aliphatic heterocycles. The van der Waals surface area contributed by atoms with Gasteiger partial charge in [0.15, 0.2) is 11.0 Å². The van der Waals surface area contributed by atoms with Crippen molar-refractivity contribution in [3.63, 3.8) is 0 Å².